The largest absolute Gasteiger partial charge is 0.493 e. The highest BCUT2D eigenvalue weighted by atomic mass is 16.6. The van der Waals surface area contributed by atoms with E-state index >= 15 is 0 Å². The number of benzene rings is 1. The van der Waals surface area contributed by atoms with E-state index in [2.05, 4.69) is 0 Å². The first-order chi connectivity index (χ1) is 9.24. The van der Waals surface area contributed by atoms with E-state index in [0.29, 0.717) is 31.3 Å². The highest BCUT2D eigenvalue weighted by Crippen LogP contribution is 2.14. The average molecular weight is 265 g/mol. The van der Waals surface area contributed by atoms with Crippen molar-refractivity contribution in [3.63, 3.8) is 0 Å². The third kappa shape index (κ3) is 4.79. The normalized spacial score (nSPS) is 16.0. The van der Waals surface area contributed by atoms with Crippen molar-refractivity contribution >= 4 is 11.7 Å². The van der Waals surface area contributed by atoms with Crippen molar-refractivity contribution in [3.05, 3.63) is 24.3 Å². The van der Waals surface area contributed by atoms with Crippen LogP contribution in [0.3, 0.4) is 0 Å². The molecule has 1 aromatic rings. The van der Waals surface area contributed by atoms with Crippen molar-refractivity contribution in [2.24, 2.45) is 0 Å². The first-order valence-corrected chi connectivity index (χ1v) is 6.49. The van der Waals surface area contributed by atoms with Gasteiger partial charge in [0.1, 0.15) is 11.9 Å². The lowest BCUT2D eigenvalue weighted by Crippen LogP contribution is -2.26. The zero-order valence-corrected chi connectivity index (χ0v) is 10.8. The van der Waals surface area contributed by atoms with Crippen LogP contribution in [-0.4, -0.2) is 31.9 Å². The Morgan fingerprint density at radius 3 is 2.63 bits per heavy atom. The molecule has 1 aliphatic heterocycles. The van der Waals surface area contributed by atoms with Gasteiger partial charge in [0.05, 0.1) is 26.2 Å². The van der Waals surface area contributed by atoms with Crippen LogP contribution in [0.15, 0.2) is 24.3 Å². The summed E-state index contributed by atoms with van der Waals surface area (Å²) in [5.41, 5.74) is 6.25. The van der Waals surface area contributed by atoms with E-state index in [0.717, 1.165) is 12.8 Å². The van der Waals surface area contributed by atoms with Gasteiger partial charge in [-0.05, 0) is 24.3 Å². The van der Waals surface area contributed by atoms with Crippen LogP contribution in [0, 0.1) is 0 Å². The molecule has 0 aliphatic carbocycles. The van der Waals surface area contributed by atoms with Crippen LogP contribution in [0.5, 0.6) is 5.75 Å². The zero-order chi connectivity index (χ0) is 13.5. The van der Waals surface area contributed by atoms with Crippen molar-refractivity contribution in [1.82, 2.24) is 0 Å². The quantitative estimate of drug-likeness (QED) is 0.649. The number of esters is 1. The second kappa shape index (κ2) is 6.99. The Labute approximate surface area is 112 Å². The molecule has 0 aromatic heterocycles. The number of carbonyl (C=O) groups excluding carboxylic acids is 1. The molecule has 0 unspecified atom stereocenters. The topological polar surface area (TPSA) is 70.8 Å². The summed E-state index contributed by atoms with van der Waals surface area (Å²) in [6, 6.07) is 7.07. The summed E-state index contributed by atoms with van der Waals surface area (Å²) in [6.07, 6.45) is 1.81. The summed E-state index contributed by atoms with van der Waals surface area (Å²) in [6.45, 7) is 1.64. The summed E-state index contributed by atoms with van der Waals surface area (Å²) in [4.78, 5) is 11.6. The van der Waals surface area contributed by atoms with Gasteiger partial charge in [0, 0.05) is 18.5 Å². The summed E-state index contributed by atoms with van der Waals surface area (Å²) in [5, 5.41) is 0. The maximum atomic E-state index is 11.6. The lowest BCUT2D eigenvalue weighted by molar-refractivity contribution is -0.153. The average Bonchev–Trinajstić information content (AvgIpc) is 2.42. The molecule has 19 heavy (non-hydrogen) atoms. The molecule has 0 atom stereocenters. The van der Waals surface area contributed by atoms with E-state index < -0.39 is 0 Å². The molecule has 1 saturated heterocycles. The lowest BCUT2D eigenvalue weighted by atomic mass is 10.1. The van der Waals surface area contributed by atoms with Crippen molar-refractivity contribution in [2.75, 3.05) is 25.6 Å². The van der Waals surface area contributed by atoms with Gasteiger partial charge in [0.2, 0.25) is 0 Å². The smallest absolute Gasteiger partial charge is 0.309 e. The predicted octanol–water partition coefficient (Wildman–Crippen LogP) is 1.76. The molecule has 5 heteroatoms. The van der Waals surface area contributed by atoms with Gasteiger partial charge in [-0.15, -0.1) is 0 Å². The van der Waals surface area contributed by atoms with Gasteiger partial charge in [-0.1, -0.05) is 0 Å². The third-order valence-electron chi connectivity index (χ3n) is 2.92. The molecule has 0 bridgehead atoms. The standard InChI is InChI=1S/C14H19NO4/c15-11-1-3-12(4-2-11)18-10-7-14(16)19-13-5-8-17-9-6-13/h1-4,13H,5-10,15H2. The Hall–Kier alpha value is -1.75. The number of hydrogen-bond donors (Lipinski definition) is 1. The van der Waals surface area contributed by atoms with Crippen LogP contribution in [0.1, 0.15) is 19.3 Å². The van der Waals surface area contributed by atoms with Gasteiger partial charge in [-0.25, -0.2) is 0 Å². The molecule has 1 heterocycles. The predicted molar refractivity (Wildman–Crippen MR) is 70.9 cm³/mol. The maximum absolute atomic E-state index is 11.6. The molecular formula is C14H19NO4. The highest BCUT2D eigenvalue weighted by Gasteiger charge is 2.17. The minimum atomic E-state index is -0.220. The first-order valence-electron chi connectivity index (χ1n) is 6.49. The number of hydrogen-bond acceptors (Lipinski definition) is 5. The van der Waals surface area contributed by atoms with Crippen molar-refractivity contribution in [2.45, 2.75) is 25.4 Å². The Bertz CT molecular complexity index is 398. The van der Waals surface area contributed by atoms with E-state index in [9.17, 15) is 4.79 Å². The highest BCUT2D eigenvalue weighted by molar-refractivity contribution is 5.69. The number of nitrogens with two attached hydrogens (primary N) is 1. The molecule has 1 aliphatic rings. The van der Waals surface area contributed by atoms with E-state index in [1.807, 2.05) is 0 Å². The van der Waals surface area contributed by atoms with Crippen LogP contribution >= 0.6 is 0 Å². The van der Waals surface area contributed by atoms with Gasteiger partial charge < -0.3 is 19.9 Å². The van der Waals surface area contributed by atoms with E-state index in [1.165, 1.54) is 0 Å². The number of rotatable bonds is 5. The third-order valence-corrected chi connectivity index (χ3v) is 2.92. The lowest BCUT2D eigenvalue weighted by Gasteiger charge is -2.22. The van der Waals surface area contributed by atoms with Gasteiger partial charge >= 0.3 is 5.97 Å². The second-order valence-electron chi connectivity index (χ2n) is 4.47. The van der Waals surface area contributed by atoms with Crippen LogP contribution in [0.25, 0.3) is 0 Å². The van der Waals surface area contributed by atoms with E-state index in [-0.39, 0.29) is 18.5 Å². The molecule has 2 rings (SSSR count). The number of anilines is 1. The Morgan fingerprint density at radius 2 is 1.95 bits per heavy atom. The Kier molecular flexibility index (Phi) is 5.03. The summed E-state index contributed by atoms with van der Waals surface area (Å²) >= 11 is 0. The number of carbonyl (C=O) groups is 1. The summed E-state index contributed by atoms with van der Waals surface area (Å²) in [7, 11) is 0. The molecule has 2 N–H and O–H groups in total. The van der Waals surface area contributed by atoms with Crippen LogP contribution in [0.2, 0.25) is 0 Å². The molecule has 0 saturated carbocycles. The molecule has 0 amide bonds. The minimum absolute atomic E-state index is 0.00206. The number of ether oxygens (including phenoxy) is 3. The fourth-order valence-corrected chi connectivity index (χ4v) is 1.85. The summed E-state index contributed by atoms with van der Waals surface area (Å²) in [5.74, 6) is 0.482. The molecule has 5 nitrogen and oxygen atoms in total. The molecule has 0 radical (unpaired) electrons. The Morgan fingerprint density at radius 1 is 1.26 bits per heavy atom. The van der Waals surface area contributed by atoms with Crippen molar-refractivity contribution in [3.8, 4) is 5.75 Å². The van der Waals surface area contributed by atoms with Crippen LogP contribution in [0.4, 0.5) is 5.69 Å². The van der Waals surface area contributed by atoms with Gasteiger partial charge in [-0.3, -0.25) is 4.79 Å². The minimum Gasteiger partial charge on any atom is -0.493 e. The molecule has 1 aromatic carbocycles. The van der Waals surface area contributed by atoms with Gasteiger partial charge in [0.15, 0.2) is 0 Å². The fourth-order valence-electron chi connectivity index (χ4n) is 1.85. The summed E-state index contributed by atoms with van der Waals surface area (Å²) < 4.78 is 16.0. The van der Waals surface area contributed by atoms with Gasteiger partial charge in [0.25, 0.3) is 0 Å². The molecule has 0 spiro atoms. The molecule has 104 valence electrons. The molecular weight excluding hydrogens is 246 g/mol. The SMILES string of the molecule is Nc1ccc(OCCC(=O)OC2CCOCC2)cc1. The Balaban J connectivity index is 1.64. The van der Waals surface area contributed by atoms with E-state index in [4.69, 9.17) is 19.9 Å². The van der Waals surface area contributed by atoms with Crippen molar-refractivity contribution in [1.29, 1.82) is 0 Å². The van der Waals surface area contributed by atoms with Crippen LogP contribution < -0.4 is 10.5 Å². The maximum Gasteiger partial charge on any atom is 0.309 e. The molecule has 1 fully saturated rings. The van der Waals surface area contributed by atoms with Crippen molar-refractivity contribution < 1.29 is 19.0 Å². The number of nitrogen functional groups attached to an aromatic ring is 1. The van der Waals surface area contributed by atoms with E-state index in [1.54, 1.807) is 24.3 Å². The fraction of sp³-hybridized carbons (Fsp3) is 0.500. The van der Waals surface area contributed by atoms with Crippen LogP contribution in [-0.2, 0) is 14.3 Å². The second-order valence-corrected chi connectivity index (χ2v) is 4.47. The monoisotopic (exact) mass is 265 g/mol. The van der Waals surface area contributed by atoms with Gasteiger partial charge in [-0.2, -0.15) is 0 Å². The first kappa shape index (κ1) is 13.7. The zero-order valence-electron chi connectivity index (χ0n) is 10.8.